The van der Waals surface area contributed by atoms with Crippen molar-refractivity contribution in [3.63, 3.8) is 0 Å². The lowest BCUT2D eigenvalue weighted by Gasteiger charge is -2.07. The van der Waals surface area contributed by atoms with Gasteiger partial charge in [0.25, 0.3) is 5.91 Å². The number of rotatable bonds is 2. The van der Waals surface area contributed by atoms with Crippen LogP contribution in [0.25, 0.3) is 0 Å². The molecule has 1 aliphatic heterocycles. The lowest BCUT2D eigenvalue weighted by Crippen LogP contribution is -2.25. The van der Waals surface area contributed by atoms with Crippen LogP contribution in [0.2, 0.25) is 5.02 Å². The maximum absolute atomic E-state index is 11.6. The number of hydroxylamine groups is 1. The molecule has 1 aromatic carbocycles. The lowest BCUT2D eigenvalue weighted by molar-refractivity contribution is -0.124. The van der Waals surface area contributed by atoms with Crippen molar-refractivity contribution in [3.05, 3.63) is 28.8 Å². The lowest BCUT2D eigenvalue weighted by atomic mass is 9.98. The highest BCUT2D eigenvalue weighted by Gasteiger charge is 2.36. The molecule has 0 saturated heterocycles. The fourth-order valence-electron chi connectivity index (χ4n) is 1.80. The normalized spacial score (nSPS) is 19.5. The molecule has 0 saturated carbocycles. The summed E-state index contributed by atoms with van der Waals surface area (Å²) in [5, 5.41) is 19.5. The molecule has 2 rings (SSSR count). The Morgan fingerprint density at radius 1 is 1.47 bits per heavy atom. The van der Waals surface area contributed by atoms with E-state index in [1.807, 2.05) is 0 Å². The highest BCUT2D eigenvalue weighted by Crippen LogP contribution is 2.39. The van der Waals surface area contributed by atoms with Gasteiger partial charge in [0.05, 0.1) is 11.6 Å². The number of aliphatic hydroxyl groups is 1. The van der Waals surface area contributed by atoms with E-state index in [4.69, 9.17) is 16.7 Å². The van der Waals surface area contributed by atoms with Crippen LogP contribution >= 0.6 is 11.6 Å². The first-order chi connectivity index (χ1) is 7.15. The zero-order chi connectivity index (χ0) is 11.0. The third kappa shape index (κ3) is 1.61. The van der Waals surface area contributed by atoms with E-state index in [0.717, 1.165) is 0 Å². The van der Waals surface area contributed by atoms with E-state index >= 15 is 0 Å². The van der Waals surface area contributed by atoms with Gasteiger partial charge in [-0.15, -0.1) is 0 Å². The van der Waals surface area contributed by atoms with E-state index in [0.29, 0.717) is 27.8 Å². The van der Waals surface area contributed by atoms with Gasteiger partial charge in [-0.3, -0.25) is 10.0 Å². The zero-order valence-electron chi connectivity index (χ0n) is 7.85. The molecular weight excluding hydrogens is 218 g/mol. The molecule has 2 N–H and O–H groups in total. The second kappa shape index (κ2) is 3.81. The fourth-order valence-corrected chi connectivity index (χ4v) is 1.99. The average Bonchev–Trinajstić information content (AvgIpc) is 2.44. The largest absolute Gasteiger partial charge is 0.396 e. The quantitative estimate of drug-likeness (QED) is 0.754. The number of nitrogens with zero attached hydrogens (tertiary/aromatic N) is 1. The van der Waals surface area contributed by atoms with Crippen LogP contribution < -0.4 is 5.06 Å². The minimum Gasteiger partial charge on any atom is -0.396 e. The summed E-state index contributed by atoms with van der Waals surface area (Å²) in [5.41, 5.74) is 1.12. The van der Waals surface area contributed by atoms with Crippen LogP contribution in [0.1, 0.15) is 17.9 Å². The number of fused-ring (bicyclic) bond motifs is 1. The first-order valence-corrected chi connectivity index (χ1v) is 4.96. The number of amides is 1. The molecule has 1 aliphatic rings. The third-order valence-corrected chi connectivity index (χ3v) is 2.75. The van der Waals surface area contributed by atoms with Crippen LogP contribution in [0.5, 0.6) is 0 Å². The predicted octanol–water partition coefficient (Wildman–Crippen LogP) is 1.54. The van der Waals surface area contributed by atoms with Crippen molar-refractivity contribution in [3.8, 4) is 0 Å². The maximum Gasteiger partial charge on any atom is 0.258 e. The van der Waals surface area contributed by atoms with E-state index in [9.17, 15) is 10.0 Å². The molecular formula is C10H10ClNO3. The number of halogens is 1. The fraction of sp³-hybridized carbons (Fsp3) is 0.300. The van der Waals surface area contributed by atoms with Gasteiger partial charge in [0, 0.05) is 11.6 Å². The van der Waals surface area contributed by atoms with Gasteiger partial charge >= 0.3 is 0 Å². The summed E-state index contributed by atoms with van der Waals surface area (Å²) in [5.74, 6) is -0.907. The highest BCUT2D eigenvalue weighted by molar-refractivity contribution is 6.31. The van der Waals surface area contributed by atoms with Crippen molar-refractivity contribution < 1.29 is 15.1 Å². The molecule has 1 unspecified atom stereocenters. The monoisotopic (exact) mass is 227 g/mol. The summed E-state index contributed by atoms with van der Waals surface area (Å²) in [6, 6.07) is 4.84. The Morgan fingerprint density at radius 3 is 2.87 bits per heavy atom. The highest BCUT2D eigenvalue weighted by atomic mass is 35.5. The number of anilines is 1. The summed E-state index contributed by atoms with van der Waals surface area (Å²) in [6.07, 6.45) is 0.295. The van der Waals surface area contributed by atoms with Gasteiger partial charge in [-0.05, 0) is 30.2 Å². The number of aliphatic hydroxyl groups excluding tert-OH is 1. The molecule has 0 spiro atoms. The molecule has 1 amide bonds. The van der Waals surface area contributed by atoms with Gasteiger partial charge in [-0.2, -0.15) is 5.06 Å². The van der Waals surface area contributed by atoms with Crippen LogP contribution in [0.15, 0.2) is 18.2 Å². The molecule has 4 nitrogen and oxygen atoms in total. The smallest absolute Gasteiger partial charge is 0.258 e. The zero-order valence-corrected chi connectivity index (χ0v) is 8.61. The van der Waals surface area contributed by atoms with Crippen molar-refractivity contribution >= 4 is 23.2 Å². The van der Waals surface area contributed by atoms with E-state index in [2.05, 4.69) is 0 Å². The summed E-state index contributed by atoms with van der Waals surface area (Å²) in [4.78, 5) is 11.6. The number of benzene rings is 1. The molecule has 5 heteroatoms. The Bertz CT molecular complexity index is 408. The number of hydrogen-bond donors (Lipinski definition) is 2. The van der Waals surface area contributed by atoms with E-state index in [-0.39, 0.29) is 6.61 Å². The molecule has 15 heavy (non-hydrogen) atoms. The van der Waals surface area contributed by atoms with Crippen molar-refractivity contribution in [1.82, 2.24) is 0 Å². The van der Waals surface area contributed by atoms with E-state index < -0.39 is 11.8 Å². The molecule has 0 aromatic heterocycles. The van der Waals surface area contributed by atoms with Crippen LogP contribution in [0, 0.1) is 0 Å². The summed E-state index contributed by atoms with van der Waals surface area (Å²) in [6.45, 7) is -0.101. The molecule has 1 aromatic rings. The van der Waals surface area contributed by atoms with Gasteiger partial charge in [0.1, 0.15) is 0 Å². The van der Waals surface area contributed by atoms with Crippen molar-refractivity contribution in [2.24, 2.45) is 0 Å². The van der Waals surface area contributed by atoms with E-state index in [1.54, 1.807) is 18.2 Å². The minimum atomic E-state index is -0.492. The molecule has 0 radical (unpaired) electrons. The van der Waals surface area contributed by atoms with Crippen molar-refractivity contribution in [2.75, 3.05) is 11.7 Å². The number of carbonyl (C=O) groups is 1. The van der Waals surface area contributed by atoms with Crippen LogP contribution in [0.3, 0.4) is 0 Å². The van der Waals surface area contributed by atoms with Crippen molar-refractivity contribution in [1.29, 1.82) is 0 Å². The Morgan fingerprint density at radius 2 is 2.20 bits per heavy atom. The Balaban J connectivity index is 2.47. The summed E-state index contributed by atoms with van der Waals surface area (Å²) >= 11 is 5.81. The molecule has 1 atom stereocenters. The first kappa shape index (κ1) is 10.4. The summed E-state index contributed by atoms with van der Waals surface area (Å²) in [7, 11) is 0. The number of hydrogen-bond acceptors (Lipinski definition) is 3. The SMILES string of the molecule is O=C1C(CCO)c2cc(Cl)ccc2N1O. The second-order valence-corrected chi connectivity index (χ2v) is 3.85. The maximum atomic E-state index is 11.6. The second-order valence-electron chi connectivity index (χ2n) is 3.42. The molecule has 0 aliphatic carbocycles. The van der Waals surface area contributed by atoms with Gasteiger partial charge in [0.2, 0.25) is 0 Å². The Hall–Kier alpha value is -1.10. The average molecular weight is 228 g/mol. The molecule has 0 bridgehead atoms. The third-order valence-electron chi connectivity index (χ3n) is 2.52. The molecule has 80 valence electrons. The predicted molar refractivity (Wildman–Crippen MR) is 55.2 cm³/mol. The van der Waals surface area contributed by atoms with Gasteiger partial charge in [-0.25, -0.2) is 0 Å². The minimum absolute atomic E-state index is 0.101. The summed E-state index contributed by atoms with van der Waals surface area (Å²) < 4.78 is 0. The van der Waals surface area contributed by atoms with Crippen LogP contribution in [-0.2, 0) is 4.79 Å². The Kier molecular flexibility index (Phi) is 2.65. The number of carbonyl (C=O) groups excluding carboxylic acids is 1. The van der Waals surface area contributed by atoms with Crippen LogP contribution in [-0.4, -0.2) is 22.8 Å². The standard InChI is InChI=1S/C10H10ClNO3/c11-6-1-2-9-8(5-6)7(3-4-13)10(14)12(9)15/h1-2,5,7,13,15H,3-4H2. The molecule has 1 heterocycles. The first-order valence-electron chi connectivity index (χ1n) is 4.58. The van der Waals surface area contributed by atoms with Gasteiger partial charge in [0.15, 0.2) is 0 Å². The molecule has 0 fully saturated rings. The van der Waals surface area contributed by atoms with E-state index in [1.165, 1.54) is 0 Å². The van der Waals surface area contributed by atoms with Crippen LogP contribution in [0.4, 0.5) is 5.69 Å². The Labute approximate surface area is 91.7 Å². The van der Waals surface area contributed by atoms with Gasteiger partial charge in [-0.1, -0.05) is 11.6 Å². The topological polar surface area (TPSA) is 60.8 Å². The van der Waals surface area contributed by atoms with Gasteiger partial charge < -0.3 is 5.11 Å². The van der Waals surface area contributed by atoms with Crippen molar-refractivity contribution in [2.45, 2.75) is 12.3 Å².